The Morgan fingerprint density at radius 2 is 1.17 bits per heavy atom. The second-order valence-electron chi connectivity index (χ2n) is 10.2. The lowest BCUT2D eigenvalue weighted by Gasteiger charge is -2.16. The van der Waals surface area contributed by atoms with Gasteiger partial charge in [0.2, 0.25) is 10.6 Å². The third-order valence-electron chi connectivity index (χ3n) is 7.43. The zero-order chi connectivity index (χ0) is 21.6. The van der Waals surface area contributed by atoms with Crippen LogP contribution >= 0.6 is 24.0 Å². The molecule has 6 nitrogen and oxygen atoms in total. The fraction of sp³-hybridized carbons (Fsp3) is 1.00. The lowest BCUT2D eigenvalue weighted by atomic mass is 10.3. The number of nitrogens with zero attached hydrogens (tertiary/aromatic N) is 5. The van der Waals surface area contributed by atoms with Crippen molar-refractivity contribution in [3.63, 3.8) is 0 Å². The van der Waals surface area contributed by atoms with Gasteiger partial charge in [-0.05, 0) is 41.8 Å². The van der Waals surface area contributed by atoms with E-state index in [9.17, 15) is 0 Å². The van der Waals surface area contributed by atoms with E-state index in [2.05, 4.69) is 61.1 Å². The molecule has 0 aliphatic carbocycles. The summed E-state index contributed by atoms with van der Waals surface area (Å²) in [5.74, 6) is 0. The molecule has 0 amide bonds. The SMILES string of the molecule is CCCCN1CC1(C)P1N=[P+](C2(C)CN2CCCC)N[P+](C2(C)CN2CCCC)=N1. The van der Waals surface area contributed by atoms with Crippen LogP contribution in [-0.4, -0.2) is 69.8 Å². The second kappa shape index (κ2) is 9.02. The molecular weight excluding hydrogens is 429 g/mol. The van der Waals surface area contributed by atoms with Crippen molar-refractivity contribution in [1.82, 2.24) is 19.6 Å². The Labute approximate surface area is 187 Å². The fourth-order valence-electron chi connectivity index (χ4n) is 4.49. The molecule has 170 valence electrons. The van der Waals surface area contributed by atoms with Crippen molar-refractivity contribution in [1.29, 1.82) is 0 Å². The number of hydrogen-bond donors (Lipinski definition) is 1. The molecule has 0 saturated carbocycles. The van der Waals surface area contributed by atoms with Crippen molar-refractivity contribution in [3.8, 4) is 0 Å². The summed E-state index contributed by atoms with van der Waals surface area (Å²) < 4.78 is 11.0. The van der Waals surface area contributed by atoms with Crippen LogP contribution in [0, 0.1) is 0 Å². The molecule has 3 fully saturated rings. The van der Waals surface area contributed by atoms with E-state index in [0.717, 1.165) is 0 Å². The van der Waals surface area contributed by atoms with Gasteiger partial charge in [0, 0.05) is 33.5 Å². The van der Waals surface area contributed by atoms with Crippen molar-refractivity contribution in [2.45, 2.75) is 95.9 Å². The zero-order valence-corrected chi connectivity index (χ0v) is 22.7. The molecule has 0 aromatic carbocycles. The van der Waals surface area contributed by atoms with Gasteiger partial charge >= 0.3 is 15.7 Å². The van der Waals surface area contributed by atoms with Crippen molar-refractivity contribution in [2.24, 2.45) is 9.03 Å². The van der Waals surface area contributed by atoms with E-state index in [0.29, 0.717) is 0 Å². The molecule has 0 aromatic heterocycles. The Kier molecular flexibility index (Phi) is 7.10. The van der Waals surface area contributed by atoms with E-state index in [1.165, 1.54) is 77.8 Å². The second-order valence-corrected chi connectivity index (χ2v) is 17.1. The summed E-state index contributed by atoms with van der Waals surface area (Å²) in [5.41, 5.74) is 0. The summed E-state index contributed by atoms with van der Waals surface area (Å²) in [6, 6.07) is 0. The molecule has 4 aliphatic rings. The molecule has 0 radical (unpaired) electrons. The molecule has 30 heavy (non-hydrogen) atoms. The molecule has 4 rings (SSSR count). The van der Waals surface area contributed by atoms with Crippen LogP contribution in [0.2, 0.25) is 0 Å². The van der Waals surface area contributed by atoms with Crippen LogP contribution in [0.3, 0.4) is 0 Å². The van der Waals surface area contributed by atoms with Gasteiger partial charge in [-0.25, -0.2) is 9.80 Å². The van der Waals surface area contributed by atoms with Crippen molar-refractivity contribution in [3.05, 3.63) is 0 Å². The van der Waals surface area contributed by atoms with E-state index in [1.807, 2.05) is 0 Å². The smallest absolute Gasteiger partial charge is 0.287 e. The summed E-state index contributed by atoms with van der Waals surface area (Å²) in [7, 11) is -1.71. The van der Waals surface area contributed by atoms with E-state index in [-0.39, 0.29) is 15.8 Å². The first kappa shape index (κ1) is 23.6. The largest absolute Gasteiger partial charge is 0.365 e. The first-order valence-electron chi connectivity index (χ1n) is 12.2. The molecule has 0 aromatic rings. The summed E-state index contributed by atoms with van der Waals surface area (Å²) in [5, 5.41) is 0.758. The molecule has 0 spiro atoms. The number of nitrogens with one attached hydrogen (secondary N) is 1. The van der Waals surface area contributed by atoms with Gasteiger partial charge in [-0.3, -0.25) is 4.90 Å². The van der Waals surface area contributed by atoms with Gasteiger partial charge in [-0.15, -0.1) is 0 Å². The van der Waals surface area contributed by atoms with Crippen LogP contribution in [0.1, 0.15) is 80.1 Å². The molecule has 4 heterocycles. The van der Waals surface area contributed by atoms with Gasteiger partial charge in [-0.2, -0.15) is 0 Å². The maximum Gasteiger partial charge on any atom is 0.365 e. The summed E-state index contributed by atoms with van der Waals surface area (Å²) >= 11 is 0. The zero-order valence-electron chi connectivity index (χ0n) is 20.1. The minimum absolute atomic E-state index is 0.229. The Morgan fingerprint density at radius 3 is 1.60 bits per heavy atom. The van der Waals surface area contributed by atoms with Crippen LogP contribution in [0.4, 0.5) is 0 Å². The quantitative estimate of drug-likeness (QED) is 0.258. The Morgan fingerprint density at radius 1 is 0.733 bits per heavy atom. The molecular formula is C21H43N6P3+2. The highest BCUT2D eigenvalue weighted by molar-refractivity contribution is 7.76. The van der Waals surface area contributed by atoms with Crippen molar-refractivity contribution >= 4 is 24.0 Å². The highest BCUT2D eigenvalue weighted by Gasteiger charge is 2.72. The fourth-order valence-corrected chi connectivity index (χ4v) is 14.9. The van der Waals surface area contributed by atoms with Crippen LogP contribution in [0.25, 0.3) is 0 Å². The highest BCUT2D eigenvalue weighted by atomic mass is 31.2. The summed E-state index contributed by atoms with van der Waals surface area (Å²) in [6.45, 7) is 21.6. The summed E-state index contributed by atoms with van der Waals surface area (Å²) in [4.78, 5) is 12.1. The molecule has 4 aliphatic heterocycles. The van der Waals surface area contributed by atoms with Gasteiger partial charge in [0.1, 0.15) is 0 Å². The maximum atomic E-state index is 5.51. The van der Waals surface area contributed by atoms with Crippen LogP contribution in [0.5, 0.6) is 0 Å². The van der Waals surface area contributed by atoms with Gasteiger partial charge in [0.05, 0.1) is 23.2 Å². The van der Waals surface area contributed by atoms with Crippen LogP contribution < -0.4 is 4.86 Å². The van der Waals surface area contributed by atoms with Gasteiger partial charge in [0.25, 0.3) is 8.22 Å². The molecule has 9 heteroatoms. The molecule has 1 N–H and O–H groups in total. The van der Waals surface area contributed by atoms with Gasteiger partial charge < -0.3 is 0 Å². The topological polar surface area (TPSA) is 45.8 Å². The van der Waals surface area contributed by atoms with Gasteiger partial charge in [-0.1, -0.05) is 40.0 Å². The van der Waals surface area contributed by atoms with Crippen molar-refractivity contribution < 1.29 is 0 Å². The molecule has 8 unspecified atom stereocenters. The molecule has 0 bridgehead atoms. The monoisotopic (exact) mass is 472 g/mol. The minimum atomic E-state index is -0.631. The maximum absolute atomic E-state index is 5.51. The predicted molar refractivity (Wildman–Crippen MR) is 133 cm³/mol. The number of rotatable bonds is 12. The van der Waals surface area contributed by atoms with E-state index in [4.69, 9.17) is 9.03 Å². The van der Waals surface area contributed by atoms with E-state index >= 15 is 0 Å². The van der Waals surface area contributed by atoms with E-state index in [1.54, 1.807) is 0 Å². The Hall–Kier alpha value is 0.470. The van der Waals surface area contributed by atoms with Crippen LogP contribution in [-0.2, 0) is 0 Å². The van der Waals surface area contributed by atoms with Crippen molar-refractivity contribution in [2.75, 3.05) is 39.3 Å². The third kappa shape index (κ3) is 4.45. The average molecular weight is 473 g/mol. The Bertz CT molecular complexity index is 673. The normalized spacial score (nSPS) is 46.9. The standard InChI is InChI=1S/C21H43N6P3/c1-7-10-13-25-16-19(25,4)28-22-29(20(5)17-26(20)14-11-8-2)24-30(23-28)21(6)18-27(21)15-12-9-3/h7-18H2,1-6H3,(H,22,23,24)/q+2. The van der Waals surface area contributed by atoms with E-state index < -0.39 is 24.0 Å². The molecule has 3 saturated heterocycles. The third-order valence-corrected chi connectivity index (χ3v) is 15.7. The first-order chi connectivity index (χ1) is 14.3. The highest BCUT2D eigenvalue weighted by Crippen LogP contribution is 2.75. The van der Waals surface area contributed by atoms with Crippen LogP contribution in [0.15, 0.2) is 9.03 Å². The lowest BCUT2D eigenvalue weighted by molar-refractivity contribution is 0.474. The molecule has 8 atom stereocenters. The lowest BCUT2D eigenvalue weighted by Crippen LogP contribution is -2.22. The average Bonchev–Trinajstić information content (AvgIpc) is 3.68. The number of hydrogen-bond acceptors (Lipinski definition) is 6. The predicted octanol–water partition coefficient (Wildman–Crippen LogP) is 6.56. The van der Waals surface area contributed by atoms with Gasteiger partial charge in [0.15, 0.2) is 0 Å². The number of unbranched alkanes of at least 4 members (excludes halogenated alkanes) is 3. The Balaban J connectivity index is 1.53. The summed E-state index contributed by atoms with van der Waals surface area (Å²) in [6.07, 6.45) is 7.73. The minimum Gasteiger partial charge on any atom is -0.287 e. The first-order valence-corrected chi connectivity index (χ1v) is 16.0.